The lowest BCUT2D eigenvalue weighted by molar-refractivity contribution is -0.0706. The molecule has 0 radical (unpaired) electrons. The normalized spacial score (nSPS) is 25.1. The van der Waals surface area contributed by atoms with Crippen LogP contribution in [0.4, 0.5) is 0 Å². The fourth-order valence-corrected chi connectivity index (χ4v) is 2.51. The van der Waals surface area contributed by atoms with Gasteiger partial charge in [0.15, 0.2) is 11.5 Å². The number of ether oxygens (including phenoxy) is 2. The summed E-state index contributed by atoms with van der Waals surface area (Å²) in [6, 6.07) is 5.60. The molecule has 1 heterocycles. The van der Waals surface area contributed by atoms with Crippen LogP contribution < -0.4 is 4.74 Å². The number of morpholine rings is 1. The maximum absolute atomic E-state index is 10.1. The predicted molar refractivity (Wildman–Crippen MR) is 69.9 cm³/mol. The third-order valence-corrected chi connectivity index (χ3v) is 3.19. The maximum atomic E-state index is 10.1. The first-order valence-corrected chi connectivity index (χ1v) is 6.32. The highest BCUT2D eigenvalue weighted by atomic mass is 16.5. The molecule has 1 aromatic rings. The van der Waals surface area contributed by atoms with Crippen LogP contribution in [0.15, 0.2) is 18.2 Å². The van der Waals surface area contributed by atoms with E-state index < -0.39 is 0 Å². The van der Waals surface area contributed by atoms with Gasteiger partial charge in [0, 0.05) is 25.2 Å². The highest BCUT2D eigenvalue weighted by Crippen LogP contribution is 2.30. The average molecular weight is 251 g/mol. The number of phenols is 1. The molecule has 0 bridgehead atoms. The Bertz CT molecular complexity index is 398. The fraction of sp³-hybridized carbons (Fsp3) is 0.571. The first-order valence-electron chi connectivity index (χ1n) is 6.32. The monoisotopic (exact) mass is 251 g/mol. The van der Waals surface area contributed by atoms with E-state index in [0.717, 1.165) is 25.2 Å². The van der Waals surface area contributed by atoms with Gasteiger partial charge in [0.1, 0.15) is 0 Å². The van der Waals surface area contributed by atoms with E-state index >= 15 is 0 Å². The van der Waals surface area contributed by atoms with Crippen LogP contribution >= 0.6 is 0 Å². The minimum Gasteiger partial charge on any atom is -0.504 e. The third-order valence-electron chi connectivity index (χ3n) is 3.19. The third kappa shape index (κ3) is 2.94. The molecule has 1 aliphatic heterocycles. The molecule has 2 atom stereocenters. The van der Waals surface area contributed by atoms with E-state index in [1.165, 1.54) is 0 Å². The molecular formula is C14H21NO3. The molecule has 4 heteroatoms. The molecule has 0 spiro atoms. The van der Waals surface area contributed by atoms with Crippen LogP contribution in [0.25, 0.3) is 0 Å². The van der Waals surface area contributed by atoms with Crippen molar-refractivity contribution in [1.82, 2.24) is 4.90 Å². The molecule has 2 rings (SSSR count). The second-order valence-corrected chi connectivity index (χ2v) is 4.92. The van der Waals surface area contributed by atoms with Gasteiger partial charge in [-0.2, -0.15) is 0 Å². The Morgan fingerprint density at radius 2 is 2.00 bits per heavy atom. The van der Waals surface area contributed by atoms with Crippen LogP contribution in [0, 0.1) is 0 Å². The number of aromatic hydroxyl groups is 1. The molecule has 0 saturated carbocycles. The van der Waals surface area contributed by atoms with Gasteiger partial charge in [-0.15, -0.1) is 0 Å². The van der Waals surface area contributed by atoms with Gasteiger partial charge in [0.05, 0.1) is 19.3 Å². The summed E-state index contributed by atoms with van der Waals surface area (Å²) in [5.74, 6) is 0.772. The second kappa shape index (κ2) is 5.59. The summed E-state index contributed by atoms with van der Waals surface area (Å²) < 4.78 is 10.8. The Morgan fingerprint density at radius 1 is 1.33 bits per heavy atom. The Kier molecular flexibility index (Phi) is 4.09. The maximum Gasteiger partial charge on any atom is 0.162 e. The zero-order chi connectivity index (χ0) is 13.1. The molecule has 1 fully saturated rings. The number of phenolic OH excluding ortho intramolecular Hbond substituents is 1. The highest BCUT2D eigenvalue weighted by Gasteiger charge is 2.23. The number of rotatable bonds is 3. The van der Waals surface area contributed by atoms with E-state index in [1.54, 1.807) is 13.2 Å². The first kappa shape index (κ1) is 13.2. The lowest BCUT2D eigenvalue weighted by Gasteiger charge is -2.35. The van der Waals surface area contributed by atoms with Gasteiger partial charge in [-0.05, 0) is 19.9 Å². The van der Waals surface area contributed by atoms with E-state index in [9.17, 15) is 5.11 Å². The number of hydrogen-bond donors (Lipinski definition) is 1. The van der Waals surface area contributed by atoms with Crippen molar-refractivity contribution in [2.45, 2.75) is 32.6 Å². The molecule has 0 aliphatic carbocycles. The standard InChI is InChI=1S/C14H21NO3/c1-10-7-15(8-11(2)18-10)9-12-5-4-6-13(17-3)14(12)16/h4-6,10-11,16H,7-9H2,1-3H3. The molecule has 18 heavy (non-hydrogen) atoms. The molecule has 4 nitrogen and oxygen atoms in total. The smallest absolute Gasteiger partial charge is 0.162 e. The Balaban J connectivity index is 2.09. The minimum absolute atomic E-state index is 0.238. The van der Waals surface area contributed by atoms with Crippen molar-refractivity contribution < 1.29 is 14.6 Å². The molecule has 1 aliphatic rings. The van der Waals surface area contributed by atoms with Crippen LogP contribution in [0.5, 0.6) is 11.5 Å². The van der Waals surface area contributed by atoms with E-state index in [4.69, 9.17) is 9.47 Å². The van der Waals surface area contributed by atoms with Gasteiger partial charge in [-0.3, -0.25) is 4.90 Å². The SMILES string of the molecule is COc1cccc(CN2CC(C)OC(C)C2)c1O. The molecule has 1 saturated heterocycles. The van der Waals surface area contributed by atoms with E-state index in [-0.39, 0.29) is 18.0 Å². The zero-order valence-corrected chi connectivity index (χ0v) is 11.2. The van der Waals surface area contributed by atoms with Crippen molar-refractivity contribution in [3.05, 3.63) is 23.8 Å². The lowest BCUT2D eigenvalue weighted by atomic mass is 10.1. The van der Waals surface area contributed by atoms with Crippen LogP contribution in [0.3, 0.4) is 0 Å². The summed E-state index contributed by atoms with van der Waals surface area (Å²) in [7, 11) is 1.57. The van der Waals surface area contributed by atoms with Gasteiger partial charge >= 0.3 is 0 Å². The van der Waals surface area contributed by atoms with Gasteiger partial charge in [0.2, 0.25) is 0 Å². The van der Waals surface area contributed by atoms with E-state index in [2.05, 4.69) is 18.7 Å². The Hall–Kier alpha value is -1.26. The molecular weight excluding hydrogens is 230 g/mol. The number of para-hydroxylation sites is 1. The van der Waals surface area contributed by atoms with Crippen molar-refractivity contribution in [1.29, 1.82) is 0 Å². The number of methoxy groups -OCH3 is 1. The van der Waals surface area contributed by atoms with Crippen LogP contribution in [-0.2, 0) is 11.3 Å². The highest BCUT2D eigenvalue weighted by molar-refractivity contribution is 5.45. The summed E-state index contributed by atoms with van der Waals surface area (Å²) in [6.45, 7) is 6.66. The van der Waals surface area contributed by atoms with Crippen LogP contribution in [0.2, 0.25) is 0 Å². The van der Waals surface area contributed by atoms with E-state index in [0.29, 0.717) is 5.75 Å². The summed E-state index contributed by atoms with van der Waals surface area (Å²) in [6.07, 6.45) is 0.475. The number of benzene rings is 1. The van der Waals surface area contributed by atoms with Crippen molar-refractivity contribution in [3.63, 3.8) is 0 Å². The van der Waals surface area contributed by atoms with Crippen LogP contribution in [-0.4, -0.2) is 42.4 Å². The van der Waals surface area contributed by atoms with Crippen molar-refractivity contribution in [2.75, 3.05) is 20.2 Å². The summed E-state index contributed by atoms with van der Waals surface area (Å²) in [4.78, 5) is 2.30. The topological polar surface area (TPSA) is 41.9 Å². The predicted octanol–water partition coefficient (Wildman–Crippen LogP) is 2.01. The largest absolute Gasteiger partial charge is 0.504 e. The van der Waals surface area contributed by atoms with Crippen molar-refractivity contribution in [2.24, 2.45) is 0 Å². The quantitative estimate of drug-likeness (QED) is 0.892. The minimum atomic E-state index is 0.238. The molecule has 0 aromatic heterocycles. The molecule has 1 N–H and O–H groups in total. The zero-order valence-electron chi connectivity index (χ0n) is 11.2. The van der Waals surface area contributed by atoms with Gasteiger partial charge in [-0.25, -0.2) is 0 Å². The van der Waals surface area contributed by atoms with Gasteiger partial charge in [0.25, 0.3) is 0 Å². The van der Waals surface area contributed by atoms with Crippen molar-refractivity contribution >= 4 is 0 Å². The van der Waals surface area contributed by atoms with Crippen molar-refractivity contribution in [3.8, 4) is 11.5 Å². The Morgan fingerprint density at radius 3 is 2.61 bits per heavy atom. The molecule has 0 amide bonds. The first-order chi connectivity index (χ1) is 8.60. The fourth-order valence-electron chi connectivity index (χ4n) is 2.51. The number of nitrogens with zero attached hydrogens (tertiary/aromatic N) is 1. The van der Waals surface area contributed by atoms with Gasteiger partial charge < -0.3 is 14.6 Å². The summed E-state index contributed by atoms with van der Waals surface area (Å²) in [5, 5.41) is 10.1. The summed E-state index contributed by atoms with van der Waals surface area (Å²) in [5.41, 5.74) is 0.899. The van der Waals surface area contributed by atoms with Gasteiger partial charge in [-0.1, -0.05) is 12.1 Å². The number of hydrogen-bond acceptors (Lipinski definition) is 4. The molecule has 2 unspecified atom stereocenters. The second-order valence-electron chi connectivity index (χ2n) is 4.92. The van der Waals surface area contributed by atoms with E-state index in [1.807, 2.05) is 12.1 Å². The molecule has 1 aromatic carbocycles. The average Bonchev–Trinajstić information content (AvgIpc) is 2.30. The lowest BCUT2D eigenvalue weighted by Crippen LogP contribution is -2.44. The van der Waals surface area contributed by atoms with Crippen LogP contribution in [0.1, 0.15) is 19.4 Å². The molecule has 100 valence electrons. The Labute approximate surface area is 108 Å². The summed E-state index contributed by atoms with van der Waals surface area (Å²) >= 11 is 0.